The Labute approximate surface area is 129 Å². The minimum atomic E-state index is -3.97. The molecule has 2 rings (SSSR count). The minimum Gasteiger partial charge on any atom is -0.480 e. The highest BCUT2D eigenvalue weighted by Gasteiger charge is 2.29. The zero-order valence-corrected chi connectivity index (χ0v) is 13.4. The molecular weight excluding hydrogens is 310 g/mol. The topological polar surface area (TPSA) is 102 Å². The number of hydrogen-bond acceptors (Lipinski definition) is 5. The van der Waals surface area contributed by atoms with Gasteiger partial charge in [-0.25, -0.2) is 8.42 Å². The van der Waals surface area contributed by atoms with Crippen LogP contribution in [0.2, 0.25) is 0 Å². The molecule has 0 saturated heterocycles. The van der Waals surface area contributed by atoms with Gasteiger partial charge in [-0.05, 0) is 30.9 Å². The molecule has 0 amide bonds. The van der Waals surface area contributed by atoms with Gasteiger partial charge in [-0.1, -0.05) is 13.8 Å². The van der Waals surface area contributed by atoms with Crippen LogP contribution in [0.1, 0.15) is 25.8 Å². The highest BCUT2D eigenvalue weighted by molar-refractivity contribution is 7.89. The molecule has 8 heteroatoms. The third kappa shape index (κ3) is 3.50. The molecule has 0 saturated carbocycles. The van der Waals surface area contributed by atoms with Crippen LogP contribution >= 0.6 is 0 Å². The number of aliphatic carboxylic acids is 1. The maximum Gasteiger partial charge on any atom is 0.321 e. The molecule has 1 aromatic carbocycles. The lowest BCUT2D eigenvalue weighted by Crippen LogP contribution is -2.41. The van der Waals surface area contributed by atoms with Crippen molar-refractivity contribution < 1.29 is 27.8 Å². The summed E-state index contributed by atoms with van der Waals surface area (Å²) in [5, 5.41) is 9.18. The van der Waals surface area contributed by atoms with Gasteiger partial charge in [0.1, 0.15) is 6.04 Å². The van der Waals surface area contributed by atoms with E-state index in [-0.39, 0.29) is 24.0 Å². The zero-order valence-electron chi connectivity index (χ0n) is 12.6. The number of hydrogen-bond donors (Lipinski definition) is 2. The molecule has 2 N–H and O–H groups in total. The smallest absolute Gasteiger partial charge is 0.321 e. The summed E-state index contributed by atoms with van der Waals surface area (Å²) in [6.07, 6.45) is 0.207. The highest BCUT2D eigenvalue weighted by Crippen LogP contribution is 2.36. The number of fused-ring (bicyclic) bond motifs is 1. The lowest BCUT2D eigenvalue weighted by Gasteiger charge is -2.17. The van der Waals surface area contributed by atoms with Crippen LogP contribution in [0.4, 0.5) is 0 Å². The van der Waals surface area contributed by atoms with Crippen molar-refractivity contribution >= 4 is 16.0 Å². The second-order valence-corrected chi connectivity index (χ2v) is 7.30. The van der Waals surface area contributed by atoms with Gasteiger partial charge in [0.2, 0.25) is 16.8 Å². The molecule has 0 fully saturated rings. The van der Waals surface area contributed by atoms with E-state index in [1.807, 2.05) is 13.8 Å². The Morgan fingerprint density at radius 1 is 1.32 bits per heavy atom. The lowest BCUT2D eigenvalue weighted by molar-refractivity contribution is -0.139. The van der Waals surface area contributed by atoms with Gasteiger partial charge in [-0.15, -0.1) is 0 Å². The molecule has 0 aromatic heterocycles. The van der Waals surface area contributed by atoms with Crippen molar-refractivity contribution in [2.24, 2.45) is 5.92 Å². The molecule has 7 nitrogen and oxygen atoms in total. The number of nitrogens with one attached hydrogen (secondary N) is 1. The third-order valence-electron chi connectivity index (χ3n) is 3.26. The number of benzene rings is 1. The van der Waals surface area contributed by atoms with Crippen molar-refractivity contribution in [1.82, 2.24) is 4.72 Å². The first kappa shape index (κ1) is 16.6. The molecule has 0 aliphatic carbocycles. The number of carbonyl (C=O) groups is 1. The van der Waals surface area contributed by atoms with Gasteiger partial charge in [0.25, 0.3) is 0 Å². The molecule has 0 radical (unpaired) electrons. The van der Waals surface area contributed by atoms with E-state index >= 15 is 0 Å². The predicted molar refractivity (Wildman–Crippen MR) is 78.5 cm³/mol. The molecule has 0 bridgehead atoms. The summed E-state index contributed by atoms with van der Waals surface area (Å²) in [6, 6.07) is 1.75. The minimum absolute atomic E-state index is 0.00763. The fourth-order valence-electron chi connectivity index (χ4n) is 2.24. The molecule has 1 unspecified atom stereocenters. The number of aryl methyl sites for hydroxylation is 1. The number of ether oxygens (including phenoxy) is 2. The molecule has 1 aromatic rings. The van der Waals surface area contributed by atoms with E-state index in [9.17, 15) is 18.3 Å². The Balaban J connectivity index is 2.32. The van der Waals surface area contributed by atoms with Crippen LogP contribution in [0.5, 0.6) is 11.5 Å². The van der Waals surface area contributed by atoms with Crippen LogP contribution in [-0.2, 0) is 14.8 Å². The number of carboxylic acids is 1. The second-order valence-electron chi connectivity index (χ2n) is 5.61. The van der Waals surface area contributed by atoms with Crippen LogP contribution in [-0.4, -0.2) is 32.3 Å². The summed E-state index contributed by atoms with van der Waals surface area (Å²) in [6.45, 7) is 5.32. The van der Waals surface area contributed by atoms with Gasteiger partial charge in [0.05, 0.1) is 4.90 Å². The first-order chi connectivity index (χ1) is 10.2. The van der Waals surface area contributed by atoms with Gasteiger partial charge in [-0.3, -0.25) is 4.79 Å². The predicted octanol–water partition coefficient (Wildman–Crippen LogP) is 1.50. The summed E-state index contributed by atoms with van der Waals surface area (Å²) in [5.74, 6) is -0.340. The highest BCUT2D eigenvalue weighted by atomic mass is 32.2. The van der Waals surface area contributed by atoms with E-state index in [0.717, 1.165) is 0 Å². The molecule has 1 aliphatic rings. The van der Waals surface area contributed by atoms with Gasteiger partial charge < -0.3 is 14.6 Å². The van der Waals surface area contributed by atoms with Crippen molar-refractivity contribution in [3.63, 3.8) is 0 Å². The number of carboxylic acid groups (broad SMARTS) is 1. The molecule has 0 spiro atoms. The Morgan fingerprint density at radius 3 is 2.45 bits per heavy atom. The van der Waals surface area contributed by atoms with Crippen LogP contribution in [0.25, 0.3) is 0 Å². The average molecular weight is 329 g/mol. The van der Waals surface area contributed by atoms with E-state index < -0.39 is 22.0 Å². The maximum atomic E-state index is 12.5. The van der Waals surface area contributed by atoms with Crippen LogP contribution in [0.15, 0.2) is 17.0 Å². The Morgan fingerprint density at radius 2 is 1.91 bits per heavy atom. The monoisotopic (exact) mass is 329 g/mol. The zero-order chi connectivity index (χ0) is 16.5. The summed E-state index contributed by atoms with van der Waals surface area (Å²) in [5.41, 5.74) is 0.463. The summed E-state index contributed by atoms with van der Waals surface area (Å²) < 4.78 is 37.6. The molecular formula is C14H19NO6S. The standard InChI is InChI=1S/C14H19NO6S/c1-8(2)4-10(14(16)17)15-22(18,19)13-6-12-11(5-9(13)3)20-7-21-12/h5-6,8,10,15H,4,7H2,1-3H3,(H,16,17). The summed E-state index contributed by atoms with van der Waals surface area (Å²) >= 11 is 0. The van der Waals surface area contributed by atoms with Crippen LogP contribution < -0.4 is 14.2 Å². The lowest BCUT2D eigenvalue weighted by atomic mass is 10.1. The average Bonchev–Trinajstić information content (AvgIpc) is 2.82. The number of sulfonamides is 1. The summed E-state index contributed by atoms with van der Waals surface area (Å²) in [4.78, 5) is 11.2. The van der Waals surface area contributed by atoms with E-state index in [4.69, 9.17) is 9.47 Å². The van der Waals surface area contributed by atoms with E-state index in [2.05, 4.69) is 4.72 Å². The molecule has 122 valence electrons. The molecule has 1 heterocycles. The van der Waals surface area contributed by atoms with Crippen molar-refractivity contribution in [1.29, 1.82) is 0 Å². The Bertz CT molecular complexity index is 683. The van der Waals surface area contributed by atoms with Gasteiger partial charge in [0.15, 0.2) is 11.5 Å². The molecule has 1 aliphatic heterocycles. The fourth-order valence-corrected chi connectivity index (χ4v) is 3.68. The normalized spacial score (nSPS) is 15.1. The molecule has 22 heavy (non-hydrogen) atoms. The van der Waals surface area contributed by atoms with Gasteiger partial charge >= 0.3 is 5.97 Å². The number of rotatable bonds is 6. The fraction of sp³-hybridized carbons (Fsp3) is 0.500. The van der Waals surface area contributed by atoms with E-state index in [1.54, 1.807) is 13.0 Å². The SMILES string of the molecule is Cc1cc2c(cc1S(=O)(=O)NC(CC(C)C)C(=O)O)OCO2. The Hall–Kier alpha value is -1.80. The van der Waals surface area contributed by atoms with E-state index in [0.29, 0.717) is 17.1 Å². The first-order valence-electron chi connectivity index (χ1n) is 6.86. The van der Waals surface area contributed by atoms with Gasteiger partial charge in [0, 0.05) is 6.07 Å². The maximum absolute atomic E-state index is 12.5. The Kier molecular flexibility index (Phi) is 4.62. The largest absolute Gasteiger partial charge is 0.480 e. The van der Waals surface area contributed by atoms with Crippen LogP contribution in [0, 0.1) is 12.8 Å². The molecule has 1 atom stereocenters. The first-order valence-corrected chi connectivity index (χ1v) is 8.34. The quantitative estimate of drug-likeness (QED) is 0.820. The van der Waals surface area contributed by atoms with Crippen molar-refractivity contribution in [2.45, 2.75) is 38.1 Å². The van der Waals surface area contributed by atoms with Crippen molar-refractivity contribution in [3.05, 3.63) is 17.7 Å². The van der Waals surface area contributed by atoms with Crippen LogP contribution in [0.3, 0.4) is 0 Å². The van der Waals surface area contributed by atoms with Crippen molar-refractivity contribution in [3.8, 4) is 11.5 Å². The van der Waals surface area contributed by atoms with E-state index in [1.165, 1.54) is 6.07 Å². The third-order valence-corrected chi connectivity index (χ3v) is 4.88. The second kappa shape index (κ2) is 6.13. The van der Waals surface area contributed by atoms with Crippen molar-refractivity contribution in [2.75, 3.05) is 6.79 Å². The summed E-state index contributed by atoms with van der Waals surface area (Å²) in [7, 11) is -3.97. The van der Waals surface area contributed by atoms with Gasteiger partial charge in [-0.2, -0.15) is 4.72 Å².